The lowest BCUT2D eigenvalue weighted by Crippen LogP contribution is -2.26. The van der Waals surface area contributed by atoms with Crippen LogP contribution < -0.4 is 4.90 Å². The van der Waals surface area contributed by atoms with Crippen LogP contribution >= 0.6 is 0 Å². The minimum absolute atomic E-state index is 0.380. The van der Waals surface area contributed by atoms with Gasteiger partial charge in [0.2, 0.25) is 0 Å². The number of hydrogen-bond donors (Lipinski definition) is 0. The fraction of sp³-hybridized carbons (Fsp3) is 0.156. The summed E-state index contributed by atoms with van der Waals surface area (Å²) >= 11 is 0. The van der Waals surface area contributed by atoms with Crippen LogP contribution in [0.3, 0.4) is 0 Å². The predicted octanol–water partition coefficient (Wildman–Crippen LogP) is 6.28. The Morgan fingerprint density at radius 1 is 0.514 bits per heavy atom. The molecule has 0 aliphatic carbocycles. The Morgan fingerprint density at radius 2 is 1.05 bits per heavy atom. The van der Waals surface area contributed by atoms with Gasteiger partial charge in [0, 0.05) is 45.1 Å². The van der Waals surface area contributed by atoms with Crippen molar-refractivity contribution in [3.05, 3.63) is 156 Å². The molecule has 5 nitrogen and oxygen atoms in total. The summed E-state index contributed by atoms with van der Waals surface area (Å²) in [5.41, 5.74) is 4.38. The van der Waals surface area contributed by atoms with Gasteiger partial charge in [-0.25, -0.2) is 4.98 Å². The summed E-state index contributed by atoms with van der Waals surface area (Å²) in [6.07, 6.45) is 3.61. The van der Waals surface area contributed by atoms with Crippen LogP contribution in [0.2, 0.25) is 0 Å². The highest BCUT2D eigenvalue weighted by Gasteiger charge is 2.14. The van der Waals surface area contributed by atoms with Crippen molar-refractivity contribution < 1.29 is 2.74 Å². The highest BCUT2D eigenvalue weighted by Crippen LogP contribution is 2.20. The van der Waals surface area contributed by atoms with Gasteiger partial charge >= 0.3 is 0 Å². The lowest BCUT2D eigenvalue weighted by atomic mass is 10.1. The van der Waals surface area contributed by atoms with E-state index in [0.717, 1.165) is 22.6 Å². The number of rotatable bonds is 11. The smallest absolute Gasteiger partial charge is 0.129 e. The molecule has 0 bridgehead atoms. The summed E-state index contributed by atoms with van der Waals surface area (Å²) in [6, 6.07) is 36.9. The zero-order valence-electron chi connectivity index (χ0n) is 22.7. The van der Waals surface area contributed by atoms with Gasteiger partial charge in [0.25, 0.3) is 0 Å². The Morgan fingerprint density at radius 3 is 1.65 bits per heavy atom. The van der Waals surface area contributed by atoms with Crippen LogP contribution in [0.1, 0.15) is 31.0 Å². The van der Waals surface area contributed by atoms with Gasteiger partial charge in [-0.3, -0.25) is 14.9 Å². The highest BCUT2D eigenvalue weighted by atomic mass is 15.2. The van der Waals surface area contributed by atoms with Crippen LogP contribution in [-0.2, 0) is 32.7 Å². The number of aromatic nitrogens is 3. The first kappa shape index (κ1) is 21.9. The van der Waals surface area contributed by atoms with Crippen molar-refractivity contribution in [1.82, 2.24) is 19.9 Å². The third kappa shape index (κ3) is 7.32. The van der Waals surface area contributed by atoms with Crippen LogP contribution in [-0.4, -0.2) is 19.9 Å². The minimum atomic E-state index is -1.77. The number of nitrogens with zero attached hydrogens (tertiary/aromatic N) is 5. The Bertz CT molecular complexity index is 1390. The number of pyridine rings is 3. The first-order valence-corrected chi connectivity index (χ1v) is 12.4. The Kier molecular flexibility index (Phi) is 7.43. The molecule has 2 aromatic carbocycles. The van der Waals surface area contributed by atoms with Crippen LogP contribution in [0, 0.1) is 0 Å². The van der Waals surface area contributed by atoms with Crippen LogP contribution in [0.4, 0.5) is 5.82 Å². The second kappa shape index (κ2) is 12.6. The normalized spacial score (nSPS) is 12.1. The van der Waals surface area contributed by atoms with Gasteiger partial charge in [-0.1, -0.05) is 78.9 Å². The first-order chi connectivity index (χ1) is 19.1. The minimum Gasteiger partial charge on any atom is -0.348 e. The van der Waals surface area contributed by atoms with Crippen LogP contribution in [0.15, 0.2) is 128 Å². The van der Waals surface area contributed by atoms with Crippen LogP contribution in [0.25, 0.3) is 0 Å². The monoisotopic (exact) mass is 487 g/mol. The molecule has 3 aromatic heterocycles. The van der Waals surface area contributed by atoms with Crippen molar-refractivity contribution in [3.63, 3.8) is 0 Å². The summed E-state index contributed by atoms with van der Waals surface area (Å²) in [5.74, 6) is 0.584. The Labute approximate surface area is 221 Å². The molecule has 184 valence electrons. The van der Waals surface area contributed by atoms with Gasteiger partial charge in [-0.15, -0.1) is 0 Å². The van der Waals surface area contributed by atoms with Crippen LogP contribution in [0.5, 0.6) is 0 Å². The van der Waals surface area contributed by atoms with E-state index < -0.39 is 6.50 Å². The lowest BCUT2D eigenvalue weighted by molar-refractivity contribution is 0.239. The molecule has 0 saturated heterocycles. The van der Waals surface area contributed by atoms with E-state index in [-0.39, 0.29) is 0 Å². The molecule has 0 spiro atoms. The number of benzene rings is 2. The molecule has 0 fully saturated rings. The van der Waals surface area contributed by atoms with E-state index >= 15 is 0 Å². The molecule has 0 radical (unpaired) electrons. The van der Waals surface area contributed by atoms with Crippen molar-refractivity contribution in [3.8, 4) is 0 Å². The van der Waals surface area contributed by atoms with Gasteiger partial charge in [0.1, 0.15) is 5.82 Å². The average molecular weight is 488 g/mol. The number of anilines is 1. The molecule has 0 saturated carbocycles. The maximum Gasteiger partial charge on any atom is 0.129 e. The molecule has 3 heterocycles. The van der Waals surface area contributed by atoms with Gasteiger partial charge in [0.15, 0.2) is 0 Å². The largest absolute Gasteiger partial charge is 0.348 e. The standard InChI is InChI=1S/C32H31N5/c1-3-12-27(13-4-1)22-37(23-28-14-5-2-6-15-28)32-19-11-18-31(35-32)26-36(24-29-16-7-9-20-33-29)25-30-17-8-10-21-34-30/h1-21H,22-26H2/i22D2. The van der Waals surface area contributed by atoms with Crippen molar-refractivity contribution in [1.29, 1.82) is 0 Å². The van der Waals surface area contributed by atoms with E-state index in [1.54, 1.807) is 17.3 Å². The van der Waals surface area contributed by atoms with E-state index in [0.29, 0.717) is 37.6 Å². The molecule has 37 heavy (non-hydrogen) atoms. The zero-order chi connectivity index (χ0) is 26.9. The van der Waals surface area contributed by atoms with Gasteiger partial charge in [0.05, 0.1) is 19.8 Å². The molecule has 0 unspecified atom stereocenters. The Balaban J connectivity index is 1.46. The topological polar surface area (TPSA) is 45.2 Å². The maximum atomic E-state index is 9.15. The highest BCUT2D eigenvalue weighted by molar-refractivity contribution is 5.42. The van der Waals surface area contributed by atoms with Gasteiger partial charge < -0.3 is 4.90 Å². The molecule has 5 rings (SSSR count). The van der Waals surface area contributed by atoms with Gasteiger partial charge in [-0.05, 0) is 47.5 Å². The number of hydrogen-bond acceptors (Lipinski definition) is 5. The fourth-order valence-electron chi connectivity index (χ4n) is 4.16. The molecular weight excluding hydrogens is 454 g/mol. The maximum absolute atomic E-state index is 9.15. The lowest BCUT2D eigenvalue weighted by Gasteiger charge is -2.26. The van der Waals surface area contributed by atoms with E-state index in [1.165, 1.54) is 0 Å². The van der Waals surface area contributed by atoms with E-state index in [2.05, 4.69) is 14.9 Å². The average Bonchev–Trinajstić information content (AvgIpc) is 2.98. The van der Waals surface area contributed by atoms with Crippen molar-refractivity contribution in [2.75, 3.05) is 4.90 Å². The third-order valence-electron chi connectivity index (χ3n) is 5.90. The Hall–Kier alpha value is -4.35. The molecule has 0 amide bonds. The predicted molar refractivity (Wildman–Crippen MR) is 148 cm³/mol. The molecule has 0 aliphatic rings. The fourth-order valence-corrected chi connectivity index (χ4v) is 4.16. The molecular formula is C32H31N5. The summed E-state index contributed by atoms with van der Waals surface area (Å²) in [4.78, 5) is 18.0. The summed E-state index contributed by atoms with van der Waals surface area (Å²) in [7, 11) is 0. The van der Waals surface area contributed by atoms with E-state index in [9.17, 15) is 0 Å². The SMILES string of the molecule is [2H]C([2H])(c1ccccc1)N(Cc1ccccc1)c1cccc(CN(Cc2ccccn2)Cc2ccccn2)n1. The first-order valence-electron chi connectivity index (χ1n) is 13.4. The molecule has 5 heteroatoms. The zero-order valence-corrected chi connectivity index (χ0v) is 20.7. The van der Waals surface area contributed by atoms with Gasteiger partial charge in [-0.2, -0.15) is 0 Å². The van der Waals surface area contributed by atoms with E-state index in [4.69, 9.17) is 7.73 Å². The second-order valence-electron chi connectivity index (χ2n) is 8.82. The van der Waals surface area contributed by atoms with Crippen molar-refractivity contribution in [2.45, 2.75) is 32.7 Å². The molecule has 0 aliphatic heterocycles. The summed E-state index contributed by atoms with van der Waals surface area (Å²) < 4.78 is 18.3. The molecule has 5 aromatic rings. The summed E-state index contributed by atoms with van der Waals surface area (Å²) in [5, 5.41) is 0. The quantitative estimate of drug-likeness (QED) is 0.219. The third-order valence-corrected chi connectivity index (χ3v) is 5.90. The second-order valence-corrected chi connectivity index (χ2v) is 8.82. The summed E-state index contributed by atoms with van der Waals surface area (Å²) in [6.45, 7) is 0.452. The molecule has 0 N–H and O–H groups in total. The van der Waals surface area contributed by atoms with Crippen molar-refractivity contribution >= 4 is 5.82 Å². The van der Waals surface area contributed by atoms with E-state index in [1.807, 2.05) is 115 Å². The van der Waals surface area contributed by atoms with Crippen molar-refractivity contribution in [2.24, 2.45) is 0 Å². The molecule has 0 atom stereocenters.